The number of hydrogen-bond acceptors (Lipinski definition) is 5. The van der Waals surface area contributed by atoms with Gasteiger partial charge in [0.15, 0.2) is 11.5 Å². The van der Waals surface area contributed by atoms with Gasteiger partial charge in [-0.2, -0.15) is 5.10 Å². The molecule has 1 amide bonds. The van der Waals surface area contributed by atoms with Crippen LogP contribution < -0.4 is 20.1 Å². The summed E-state index contributed by atoms with van der Waals surface area (Å²) >= 11 is 0. The Morgan fingerprint density at radius 1 is 1.03 bits per heavy atom. The van der Waals surface area contributed by atoms with Crippen molar-refractivity contribution >= 4 is 11.6 Å². The summed E-state index contributed by atoms with van der Waals surface area (Å²) in [4.78, 5) is 12.9. The molecular formula is C27H34N4O3. The molecule has 0 radical (unpaired) electrons. The highest BCUT2D eigenvalue weighted by atomic mass is 16.5. The number of amides is 1. The molecule has 1 atom stereocenters. The van der Waals surface area contributed by atoms with Crippen LogP contribution in [-0.2, 0) is 4.79 Å². The molecule has 0 saturated carbocycles. The van der Waals surface area contributed by atoms with Crippen LogP contribution >= 0.6 is 0 Å². The van der Waals surface area contributed by atoms with Crippen molar-refractivity contribution in [2.24, 2.45) is 5.92 Å². The van der Waals surface area contributed by atoms with Crippen molar-refractivity contribution in [3.63, 3.8) is 0 Å². The van der Waals surface area contributed by atoms with E-state index in [0.717, 1.165) is 46.2 Å². The van der Waals surface area contributed by atoms with Crippen LogP contribution in [0.25, 0.3) is 5.69 Å². The highest BCUT2D eigenvalue weighted by molar-refractivity contribution is 5.93. The molecule has 0 saturated heterocycles. The van der Waals surface area contributed by atoms with E-state index in [4.69, 9.17) is 9.47 Å². The van der Waals surface area contributed by atoms with Crippen molar-refractivity contribution < 1.29 is 14.3 Å². The predicted octanol–water partition coefficient (Wildman–Crippen LogP) is 4.88. The number of carbonyl (C=O) groups excluding carboxylic acids is 1. The lowest BCUT2D eigenvalue weighted by atomic mass is 9.95. The molecule has 1 aromatic heterocycles. The molecule has 180 valence electrons. The lowest BCUT2D eigenvalue weighted by Crippen LogP contribution is -2.33. The zero-order valence-electron chi connectivity index (χ0n) is 20.6. The minimum Gasteiger partial charge on any atom is -0.490 e. The van der Waals surface area contributed by atoms with Crippen molar-refractivity contribution in [2.45, 2.75) is 47.1 Å². The maximum atomic E-state index is 12.9. The second kappa shape index (κ2) is 10.3. The highest BCUT2D eigenvalue weighted by Crippen LogP contribution is 2.34. The third-order valence-corrected chi connectivity index (χ3v) is 6.11. The van der Waals surface area contributed by atoms with Gasteiger partial charge in [-0.1, -0.05) is 37.6 Å². The van der Waals surface area contributed by atoms with E-state index in [1.165, 1.54) is 5.56 Å². The lowest BCUT2D eigenvalue weighted by molar-refractivity contribution is -0.115. The summed E-state index contributed by atoms with van der Waals surface area (Å²) in [5, 5.41) is 11.1. The number of carbonyl (C=O) groups is 1. The van der Waals surface area contributed by atoms with Gasteiger partial charge in [0.05, 0.1) is 42.5 Å². The first-order chi connectivity index (χ1) is 16.3. The summed E-state index contributed by atoms with van der Waals surface area (Å²) in [6.07, 6.45) is 0.870. The minimum atomic E-state index is -0.102. The molecule has 2 N–H and O–H groups in total. The number of aromatic nitrogens is 2. The van der Waals surface area contributed by atoms with Gasteiger partial charge in [-0.05, 0) is 56.5 Å². The van der Waals surface area contributed by atoms with Crippen molar-refractivity contribution in [3.8, 4) is 17.2 Å². The van der Waals surface area contributed by atoms with Crippen LogP contribution in [0.15, 0.2) is 42.5 Å². The van der Waals surface area contributed by atoms with Crippen LogP contribution in [0, 0.1) is 26.7 Å². The zero-order chi connectivity index (χ0) is 24.2. The van der Waals surface area contributed by atoms with Gasteiger partial charge in [-0.15, -0.1) is 0 Å². The first kappa shape index (κ1) is 23.8. The molecule has 2 aromatic carbocycles. The van der Waals surface area contributed by atoms with E-state index in [2.05, 4.69) is 48.6 Å². The Morgan fingerprint density at radius 3 is 2.44 bits per heavy atom. The van der Waals surface area contributed by atoms with E-state index in [9.17, 15) is 4.79 Å². The molecule has 0 fully saturated rings. The summed E-state index contributed by atoms with van der Waals surface area (Å²) in [5.74, 6) is 1.72. The summed E-state index contributed by atoms with van der Waals surface area (Å²) in [6, 6.07) is 14.2. The third kappa shape index (κ3) is 5.25. The Bertz CT molecular complexity index is 1150. The van der Waals surface area contributed by atoms with Crippen LogP contribution in [0.2, 0.25) is 0 Å². The fourth-order valence-corrected chi connectivity index (χ4v) is 4.26. The number of anilines is 1. The summed E-state index contributed by atoms with van der Waals surface area (Å²) < 4.78 is 13.5. The fourth-order valence-electron chi connectivity index (χ4n) is 4.26. The number of nitrogens with one attached hydrogen (secondary N) is 2. The number of hydrogen-bond donors (Lipinski definition) is 2. The van der Waals surface area contributed by atoms with Crippen molar-refractivity contribution in [2.75, 3.05) is 25.1 Å². The fraction of sp³-hybridized carbons (Fsp3) is 0.407. The predicted molar refractivity (Wildman–Crippen MR) is 134 cm³/mol. The van der Waals surface area contributed by atoms with Gasteiger partial charge in [0.25, 0.3) is 0 Å². The van der Waals surface area contributed by atoms with E-state index < -0.39 is 0 Å². The molecule has 0 spiro atoms. The number of ether oxygens (including phenoxy) is 2. The number of rotatable bonds is 7. The van der Waals surface area contributed by atoms with Gasteiger partial charge in [-0.25, -0.2) is 4.68 Å². The smallest absolute Gasteiger partial charge is 0.238 e. The van der Waals surface area contributed by atoms with E-state index in [-0.39, 0.29) is 24.4 Å². The minimum absolute atomic E-state index is 0.000351. The molecule has 2 heterocycles. The molecule has 1 aliphatic rings. The van der Waals surface area contributed by atoms with Crippen LogP contribution in [0.3, 0.4) is 0 Å². The monoisotopic (exact) mass is 462 g/mol. The molecular weight excluding hydrogens is 428 g/mol. The van der Waals surface area contributed by atoms with Crippen LogP contribution in [-0.4, -0.2) is 35.4 Å². The first-order valence-electron chi connectivity index (χ1n) is 11.9. The molecule has 1 aliphatic heterocycles. The van der Waals surface area contributed by atoms with Crippen molar-refractivity contribution in [1.29, 1.82) is 0 Å². The topological polar surface area (TPSA) is 77.4 Å². The highest BCUT2D eigenvalue weighted by Gasteiger charge is 2.21. The van der Waals surface area contributed by atoms with Gasteiger partial charge in [0, 0.05) is 12.5 Å². The first-order valence-corrected chi connectivity index (χ1v) is 11.9. The average Bonchev–Trinajstić information content (AvgIpc) is 2.97. The molecule has 0 unspecified atom stereocenters. The second-order valence-corrected chi connectivity index (χ2v) is 9.20. The van der Waals surface area contributed by atoms with Gasteiger partial charge in [0.1, 0.15) is 0 Å². The lowest BCUT2D eigenvalue weighted by Gasteiger charge is -2.23. The Hall–Kier alpha value is -3.32. The largest absolute Gasteiger partial charge is 0.490 e. The van der Waals surface area contributed by atoms with Crippen LogP contribution in [0.1, 0.15) is 48.8 Å². The summed E-state index contributed by atoms with van der Waals surface area (Å²) in [7, 11) is 0. The zero-order valence-corrected chi connectivity index (χ0v) is 20.6. The molecule has 7 nitrogen and oxygen atoms in total. The normalized spacial score (nSPS) is 14.1. The van der Waals surface area contributed by atoms with Crippen molar-refractivity contribution in [3.05, 3.63) is 65.0 Å². The third-order valence-electron chi connectivity index (χ3n) is 6.11. The summed E-state index contributed by atoms with van der Waals surface area (Å²) in [6.45, 7) is 11.7. The Balaban J connectivity index is 1.44. The number of fused-ring (bicyclic) bond motifs is 1. The van der Waals surface area contributed by atoms with Crippen molar-refractivity contribution in [1.82, 2.24) is 15.1 Å². The molecule has 3 aromatic rings. The SMILES string of the molecule is Cc1ccc(-n2nc(C)c(NC(=O)CN[C@H](c3ccc4c(c3)OCCCO4)C(C)C)c2C)cc1. The molecule has 0 bridgehead atoms. The van der Waals surface area contributed by atoms with Crippen LogP contribution in [0.5, 0.6) is 11.5 Å². The molecule has 7 heteroatoms. The number of nitrogens with zero attached hydrogens (tertiary/aromatic N) is 2. The standard InChI is InChI=1S/C27H34N4O3/c1-17(2)26(21-9-12-23-24(15-21)34-14-6-13-33-23)28-16-25(32)29-27-19(4)30-31(20(27)5)22-10-7-18(3)8-11-22/h7-12,15,17,26,28H,6,13-14,16H2,1-5H3,(H,29,32)/t26-/m0/s1. The van der Waals surface area contributed by atoms with Gasteiger partial charge in [0.2, 0.25) is 5.91 Å². The van der Waals surface area contributed by atoms with Crippen LogP contribution in [0.4, 0.5) is 5.69 Å². The second-order valence-electron chi connectivity index (χ2n) is 9.20. The van der Waals surface area contributed by atoms with Gasteiger partial charge in [-0.3, -0.25) is 4.79 Å². The Morgan fingerprint density at radius 2 is 1.74 bits per heavy atom. The molecule has 34 heavy (non-hydrogen) atoms. The maximum absolute atomic E-state index is 12.9. The summed E-state index contributed by atoms with van der Waals surface area (Å²) in [5.41, 5.74) is 5.68. The molecule has 0 aliphatic carbocycles. The van der Waals surface area contributed by atoms with E-state index >= 15 is 0 Å². The quantitative estimate of drug-likeness (QED) is 0.523. The van der Waals surface area contributed by atoms with E-state index in [1.807, 2.05) is 48.9 Å². The van der Waals surface area contributed by atoms with Gasteiger partial charge < -0.3 is 20.1 Å². The Labute approximate surface area is 201 Å². The molecule has 4 rings (SSSR count). The van der Waals surface area contributed by atoms with E-state index in [1.54, 1.807) is 0 Å². The van der Waals surface area contributed by atoms with E-state index in [0.29, 0.717) is 13.2 Å². The average molecular weight is 463 g/mol. The number of benzene rings is 2. The number of aryl methyl sites for hydroxylation is 2. The maximum Gasteiger partial charge on any atom is 0.238 e. The van der Waals surface area contributed by atoms with Gasteiger partial charge >= 0.3 is 0 Å². The Kier molecular flexibility index (Phi) is 7.22.